The maximum absolute atomic E-state index is 5.88. The fourth-order valence-electron chi connectivity index (χ4n) is 0.934. The summed E-state index contributed by atoms with van der Waals surface area (Å²) in [5.41, 5.74) is 0. The highest BCUT2D eigenvalue weighted by Crippen LogP contribution is 2.22. The van der Waals surface area contributed by atoms with Crippen molar-refractivity contribution in [2.24, 2.45) is 0 Å². The Morgan fingerprint density at radius 3 is 2.79 bits per heavy atom. The van der Waals surface area contributed by atoms with Crippen molar-refractivity contribution in [2.75, 3.05) is 13.2 Å². The number of halogens is 1. The summed E-state index contributed by atoms with van der Waals surface area (Å²) in [4.78, 5) is 0. The van der Waals surface area contributed by atoms with Crippen LogP contribution in [0, 0.1) is 0 Å². The Morgan fingerprint density at radius 2 is 2.21 bits per heavy atom. The molecule has 3 nitrogen and oxygen atoms in total. The summed E-state index contributed by atoms with van der Waals surface area (Å²) in [6.45, 7) is 5.54. The van der Waals surface area contributed by atoms with E-state index in [4.69, 9.17) is 16.3 Å². The van der Waals surface area contributed by atoms with Crippen LogP contribution in [0.25, 0.3) is 0 Å². The Bertz CT molecular complexity index is 265. The van der Waals surface area contributed by atoms with E-state index >= 15 is 0 Å². The monoisotopic (exact) mass is 234 g/mol. The summed E-state index contributed by atoms with van der Waals surface area (Å²) in [5.74, 6) is 0. The molecular weight excluding hydrogens is 220 g/mol. The number of hydrogen-bond donors (Lipinski definition) is 0. The van der Waals surface area contributed by atoms with Gasteiger partial charge in [-0.25, -0.2) is 0 Å². The molecule has 1 aromatic heterocycles. The molecule has 1 heterocycles. The van der Waals surface area contributed by atoms with Gasteiger partial charge in [-0.3, -0.25) is 0 Å². The lowest BCUT2D eigenvalue weighted by atomic mass is 10.5. The smallest absolute Gasteiger partial charge is 0.135 e. The summed E-state index contributed by atoms with van der Waals surface area (Å²) >= 11 is 7.44. The lowest BCUT2D eigenvalue weighted by Crippen LogP contribution is -1.98. The van der Waals surface area contributed by atoms with Gasteiger partial charge in [0.2, 0.25) is 0 Å². The lowest BCUT2D eigenvalue weighted by molar-refractivity contribution is 0.138. The zero-order chi connectivity index (χ0) is 10.4. The zero-order valence-electron chi connectivity index (χ0n) is 8.49. The van der Waals surface area contributed by atoms with Crippen molar-refractivity contribution in [3.63, 3.8) is 0 Å². The lowest BCUT2D eigenvalue weighted by Gasteiger charge is -1.98. The maximum Gasteiger partial charge on any atom is 0.135 e. The van der Waals surface area contributed by atoms with E-state index in [1.807, 2.05) is 6.92 Å². The van der Waals surface area contributed by atoms with Crippen LogP contribution in [-0.4, -0.2) is 23.4 Å². The highest BCUT2D eigenvalue weighted by Gasteiger charge is 2.08. The van der Waals surface area contributed by atoms with Gasteiger partial charge in [0.25, 0.3) is 0 Å². The van der Waals surface area contributed by atoms with Crippen LogP contribution in [0.15, 0.2) is 0 Å². The van der Waals surface area contributed by atoms with Gasteiger partial charge in [0.05, 0.1) is 12.0 Å². The molecule has 1 aromatic rings. The molecule has 0 aliphatic carbocycles. The SMILES string of the molecule is CCCOCCc1nnc(C(C)Cl)s1. The number of aromatic nitrogens is 2. The Morgan fingerprint density at radius 1 is 1.43 bits per heavy atom. The Hall–Kier alpha value is -0.190. The molecule has 0 saturated heterocycles. The van der Waals surface area contributed by atoms with Gasteiger partial charge in [0, 0.05) is 13.0 Å². The average molecular weight is 235 g/mol. The second-order valence-electron chi connectivity index (χ2n) is 3.01. The normalized spacial score (nSPS) is 13.1. The molecule has 0 aromatic carbocycles. The number of alkyl halides is 1. The molecular formula is C9H15ClN2OS. The average Bonchev–Trinajstić information content (AvgIpc) is 2.61. The molecule has 80 valence electrons. The molecule has 0 fully saturated rings. The summed E-state index contributed by atoms with van der Waals surface area (Å²) < 4.78 is 5.36. The predicted molar refractivity (Wildman–Crippen MR) is 59.0 cm³/mol. The number of ether oxygens (including phenoxy) is 1. The van der Waals surface area contributed by atoms with Gasteiger partial charge in [-0.15, -0.1) is 21.8 Å². The van der Waals surface area contributed by atoms with Gasteiger partial charge >= 0.3 is 0 Å². The van der Waals surface area contributed by atoms with Gasteiger partial charge in [-0.2, -0.15) is 0 Å². The molecule has 5 heteroatoms. The molecule has 1 atom stereocenters. The van der Waals surface area contributed by atoms with E-state index in [2.05, 4.69) is 17.1 Å². The fraction of sp³-hybridized carbons (Fsp3) is 0.778. The number of nitrogens with zero attached hydrogens (tertiary/aromatic N) is 2. The molecule has 0 aliphatic heterocycles. The van der Waals surface area contributed by atoms with E-state index in [9.17, 15) is 0 Å². The molecule has 1 unspecified atom stereocenters. The van der Waals surface area contributed by atoms with Crippen LogP contribution in [0.2, 0.25) is 0 Å². The number of hydrogen-bond acceptors (Lipinski definition) is 4. The van der Waals surface area contributed by atoms with Crippen molar-refractivity contribution in [1.82, 2.24) is 10.2 Å². The van der Waals surface area contributed by atoms with Crippen molar-refractivity contribution in [1.29, 1.82) is 0 Å². The molecule has 0 aliphatic rings. The van der Waals surface area contributed by atoms with Crippen LogP contribution in [-0.2, 0) is 11.2 Å². The minimum absolute atomic E-state index is 0.0437. The third-order valence-electron chi connectivity index (χ3n) is 1.63. The Balaban J connectivity index is 2.29. The molecule has 0 bridgehead atoms. The van der Waals surface area contributed by atoms with Gasteiger partial charge < -0.3 is 4.74 Å². The van der Waals surface area contributed by atoms with Crippen molar-refractivity contribution in [3.05, 3.63) is 10.0 Å². The highest BCUT2D eigenvalue weighted by atomic mass is 35.5. The summed E-state index contributed by atoms with van der Waals surface area (Å²) in [7, 11) is 0. The molecule has 0 amide bonds. The van der Waals surface area contributed by atoms with E-state index in [1.54, 1.807) is 11.3 Å². The fourth-order valence-corrected chi connectivity index (χ4v) is 1.86. The van der Waals surface area contributed by atoms with Gasteiger partial charge in [-0.1, -0.05) is 18.3 Å². The zero-order valence-corrected chi connectivity index (χ0v) is 10.1. The van der Waals surface area contributed by atoms with Crippen LogP contribution >= 0.6 is 22.9 Å². The van der Waals surface area contributed by atoms with Gasteiger partial charge in [0.1, 0.15) is 10.0 Å². The van der Waals surface area contributed by atoms with E-state index in [-0.39, 0.29) is 5.38 Å². The van der Waals surface area contributed by atoms with Crippen LogP contribution < -0.4 is 0 Å². The Labute approximate surface area is 93.5 Å². The maximum atomic E-state index is 5.88. The standard InChI is InChI=1S/C9H15ClN2OS/c1-3-5-13-6-4-8-11-12-9(14-8)7(2)10/h7H,3-6H2,1-2H3. The van der Waals surface area contributed by atoms with Gasteiger partial charge in [0.15, 0.2) is 0 Å². The molecule has 1 rings (SSSR count). The van der Waals surface area contributed by atoms with E-state index in [1.165, 1.54) is 0 Å². The first kappa shape index (κ1) is 11.9. The third-order valence-corrected chi connectivity index (χ3v) is 3.13. The molecule has 0 N–H and O–H groups in total. The summed E-state index contributed by atoms with van der Waals surface area (Å²) in [6.07, 6.45) is 1.89. The first-order valence-electron chi connectivity index (χ1n) is 4.78. The van der Waals surface area contributed by atoms with Crippen molar-refractivity contribution >= 4 is 22.9 Å². The highest BCUT2D eigenvalue weighted by molar-refractivity contribution is 7.11. The molecule has 0 saturated carbocycles. The first-order valence-corrected chi connectivity index (χ1v) is 6.03. The van der Waals surface area contributed by atoms with Crippen molar-refractivity contribution in [3.8, 4) is 0 Å². The van der Waals surface area contributed by atoms with Crippen LogP contribution in [0.1, 0.15) is 35.7 Å². The molecule has 14 heavy (non-hydrogen) atoms. The minimum Gasteiger partial charge on any atom is -0.381 e. The Kier molecular flexibility index (Phi) is 5.37. The van der Waals surface area contributed by atoms with Crippen molar-refractivity contribution in [2.45, 2.75) is 32.1 Å². The van der Waals surface area contributed by atoms with E-state index in [0.717, 1.165) is 36.1 Å². The predicted octanol–water partition coefficient (Wildman–Crippen LogP) is 2.81. The largest absolute Gasteiger partial charge is 0.381 e. The van der Waals surface area contributed by atoms with E-state index in [0.29, 0.717) is 0 Å². The summed E-state index contributed by atoms with van der Waals surface area (Å²) in [6, 6.07) is 0. The quantitative estimate of drug-likeness (QED) is 0.561. The number of rotatable bonds is 6. The third kappa shape index (κ3) is 3.90. The van der Waals surface area contributed by atoms with Crippen molar-refractivity contribution < 1.29 is 4.74 Å². The van der Waals surface area contributed by atoms with Crippen LogP contribution in [0.5, 0.6) is 0 Å². The van der Waals surface area contributed by atoms with Gasteiger partial charge in [-0.05, 0) is 13.3 Å². The summed E-state index contributed by atoms with van der Waals surface area (Å²) in [5, 5.41) is 9.88. The van der Waals surface area contributed by atoms with Crippen LogP contribution in [0.4, 0.5) is 0 Å². The minimum atomic E-state index is -0.0437. The second-order valence-corrected chi connectivity index (χ2v) is 4.76. The molecule has 0 spiro atoms. The molecule has 0 radical (unpaired) electrons. The van der Waals surface area contributed by atoms with Crippen LogP contribution in [0.3, 0.4) is 0 Å². The topological polar surface area (TPSA) is 35.0 Å². The second kappa shape index (κ2) is 6.32. The van der Waals surface area contributed by atoms with E-state index < -0.39 is 0 Å². The first-order chi connectivity index (χ1) is 6.74.